The van der Waals surface area contributed by atoms with Crippen molar-refractivity contribution in [2.45, 2.75) is 72.3 Å². The fraction of sp³-hybridized carbons (Fsp3) is 0.500. The Morgan fingerprint density at radius 1 is 0.805 bits per heavy atom. The summed E-state index contributed by atoms with van der Waals surface area (Å²) in [5, 5.41) is 5.63. The van der Waals surface area contributed by atoms with Gasteiger partial charge in [0.1, 0.15) is 19.3 Å². The van der Waals surface area contributed by atoms with Gasteiger partial charge in [0.05, 0.1) is 6.54 Å². The number of nitrogens with one attached hydrogen (secondary N) is 2. The SMILES string of the molecule is CC(C)C[C@H](CC1CN(C(=O)[C@H](CC(C)C)NC(=O)OCc2ccccc2)CC1=O)NC(=O)OCc1ccccc1. The summed E-state index contributed by atoms with van der Waals surface area (Å²) in [6.45, 7) is 8.50. The van der Waals surface area contributed by atoms with Crippen LogP contribution in [0.4, 0.5) is 9.59 Å². The number of hydrogen-bond acceptors (Lipinski definition) is 6. The van der Waals surface area contributed by atoms with Crippen molar-refractivity contribution in [1.82, 2.24) is 15.5 Å². The molecule has 0 spiro atoms. The van der Waals surface area contributed by atoms with Crippen LogP contribution >= 0.6 is 0 Å². The molecule has 2 aromatic rings. The maximum absolute atomic E-state index is 13.5. The van der Waals surface area contributed by atoms with Gasteiger partial charge in [-0.3, -0.25) is 9.59 Å². The van der Waals surface area contributed by atoms with Crippen molar-refractivity contribution in [3.63, 3.8) is 0 Å². The predicted molar refractivity (Wildman–Crippen MR) is 156 cm³/mol. The minimum absolute atomic E-state index is 0.0221. The molecule has 222 valence electrons. The van der Waals surface area contributed by atoms with Gasteiger partial charge in [0.2, 0.25) is 5.91 Å². The van der Waals surface area contributed by atoms with Crippen molar-refractivity contribution in [2.24, 2.45) is 17.8 Å². The van der Waals surface area contributed by atoms with E-state index in [2.05, 4.69) is 24.5 Å². The Morgan fingerprint density at radius 2 is 1.32 bits per heavy atom. The summed E-state index contributed by atoms with van der Waals surface area (Å²) in [5.41, 5.74) is 1.73. The molecule has 3 rings (SSSR count). The monoisotopic (exact) mass is 565 g/mol. The first-order valence-corrected chi connectivity index (χ1v) is 14.4. The van der Waals surface area contributed by atoms with Crippen LogP contribution in [-0.4, -0.2) is 54.0 Å². The average Bonchev–Trinajstić information content (AvgIpc) is 3.30. The van der Waals surface area contributed by atoms with Crippen molar-refractivity contribution >= 4 is 23.9 Å². The van der Waals surface area contributed by atoms with Gasteiger partial charge in [0.25, 0.3) is 0 Å². The van der Waals surface area contributed by atoms with Crippen LogP contribution in [0.5, 0.6) is 0 Å². The molecule has 1 heterocycles. The fourth-order valence-electron chi connectivity index (χ4n) is 5.00. The number of rotatable bonds is 13. The molecule has 1 saturated heterocycles. The third-order valence-electron chi connectivity index (χ3n) is 6.92. The lowest BCUT2D eigenvalue weighted by molar-refractivity contribution is -0.134. The molecule has 9 nitrogen and oxygen atoms in total. The molecular weight excluding hydrogens is 522 g/mol. The molecule has 1 unspecified atom stereocenters. The zero-order valence-electron chi connectivity index (χ0n) is 24.5. The summed E-state index contributed by atoms with van der Waals surface area (Å²) in [6.07, 6.45) is 0.281. The first-order chi connectivity index (χ1) is 19.6. The highest BCUT2D eigenvalue weighted by molar-refractivity contribution is 5.94. The molecule has 1 aliphatic rings. The maximum atomic E-state index is 13.5. The Morgan fingerprint density at radius 3 is 1.83 bits per heavy atom. The minimum atomic E-state index is -0.803. The molecular formula is C32H43N3O6. The molecule has 2 N–H and O–H groups in total. The Balaban J connectivity index is 1.56. The normalized spacial score (nSPS) is 16.4. The van der Waals surface area contributed by atoms with E-state index in [0.717, 1.165) is 11.1 Å². The largest absolute Gasteiger partial charge is 0.445 e. The molecule has 1 aliphatic heterocycles. The van der Waals surface area contributed by atoms with Gasteiger partial charge in [0.15, 0.2) is 5.78 Å². The zero-order chi connectivity index (χ0) is 29.8. The van der Waals surface area contributed by atoms with Crippen LogP contribution in [0.15, 0.2) is 60.7 Å². The van der Waals surface area contributed by atoms with Crippen LogP contribution in [0.1, 0.15) is 58.1 Å². The molecule has 0 saturated carbocycles. The van der Waals surface area contributed by atoms with E-state index in [4.69, 9.17) is 9.47 Å². The topological polar surface area (TPSA) is 114 Å². The lowest BCUT2D eigenvalue weighted by Crippen LogP contribution is -2.49. The van der Waals surface area contributed by atoms with E-state index >= 15 is 0 Å². The first-order valence-electron chi connectivity index (χ1n) is 14.4. The summed E-state index contributed by atoms with van der Waals surface area (Å²) in [7, 11) is 0. The third-order valence-corrected chi connectivity index (χ3v) is 6.92. The Hall–Kier alpha value is -3.88. The average molecular weight is 566 g/mol. The van der Waals surface area contributed by atoms with Gasteiger partial charge >= 0.3 is 12.2 Å². The molecule has 3 amide bonds. The molecule has 0 bridgehead atoms. The second kappa shape index (κ2) is 15.8. The molecule has 9 heteroatoms. The summed E-state index contributed by atoms with van der Waals surface area (Å²) < 4.78 is 10.7. The second-order valence-corrected chi connectivity index (χ2v) is 11.5. The van der Waals surface area contributed by atoms with Gasteiger partial charge < -0.3 is 25.0 Å². The summed E-state index contributed by atoms with van der Waals surface area (Å²) in [5.74, 6) is -0.357. The van der Waals surface area contributed by atoms with Crippen molar-refractivity contribution in [1.29, 1.82) is 0 Å². The van der Waals surface area contributed by atoms with Gasteiger partial charge in [-0.25, -0.2) is 9.59 Å². The Labute approximate surface area is 243 Å². The van der Waals surface area contributed by atoms with Gasteiger partial charge in [0, 0.05) is 18.5 Å². The quantitative estimate of drug-likeness (QED) is 0.350. The number of nitrogens with zero attached hydrogens (tertiary/aromatic N) is 1. The van der Waals surface area contributed by atoms with Gasteiger partial charge in [-0.1, -0.05) is 88.4 Å². The number of ketones is 1. The van der Waals surface area contributed by atoms with Crippen molar-refractivity contribution in [2.75, 3.05) is 13.1 Å². The molecule has 0 radical (unpaired) electrons. The molecule has 1 fully saturated rings. The summed E-state index contributed by atoms with van der Waals surface area (Å²) in [6, 6.07) is 17.6. The van der Waals surface area contributed by atoms with E-state index in [1.165, 1.54) is 4.90 Å². The number of ether oxygens (including phenoxy) is 2. The number of alkyl carbamates (subject to hydrolysis) is 2. The predicted octanol–water partition coefficient (Wildman–Crippen LogP) is 5.09. The Bertz CT molecular complexity index is 1140. The van der Waals surface area contributed by atoms with Crippen molar-refractivity contribution < 1.29 is 28.7 Å². The Kier molecular flexibility index (Phi) is 12.2. The van der Waals surface area contributed by atoms with E-state index in [1.807, 2.05) is 74.5 Å². The van der Waals surface area contributed by atoms with Crippen molar-refractivity contribution in [3.05, 3.63) is 71.8 Å². The molecule has 2 aromatic carbocycles. The molecule has 0 aliphatic carbocycles. The smallest absolute Gasteiger partial charge is 0.408 e. The van der Waals surface area contributed by atoms with Gasteiger partial charge in [-0.05, 0) is 42.2 Å². The molecule has 0 aromatic heterocycles. The minimum Gasteiger partial charge on any atom is -0.445 e. The number of likely N-dealkylation sites (tertiary alicyclic amines) is 1. The summed E-state index contributed by atoms with van der Waals surface area (Å²) >= 11 is 0. The summed E-state index contributed by atoms with van der Waals surface area (Å²) in [4.78, 5) is 53.0. The number of benzene rings is 2. The van der Waals surface area contributed by atoms with Crippen molar-refractivity contribution in [3.8, 4) is 0 Å². The third kappa shape index (κ3) is 10.9. The second-order valence-electron chi connectivity index (χ2n) is 11.5. The van der Waals surface area contributed by atoms with E-state index in [1.54, 1.807) is 0 Å². The van der Waals surface area contributed by atoms with Crippen LogP contribution < -0.4 is 10.6 Å². The highest BCUT2D eigenvalue weighted by Crippen LogP contribution is 2.23. The molecule has 3 atom stereocenters. The lowest BCUT2D eigenvalue weighted by Gasteiger charge is -2.26. The number of amides is 3. The highest BCUT2D eigenvalue weighted by Gasteiger charge is 2.38. The van der Waals surface area contributed by atoms with E-state index < -0.39 is 24.1 Å². The number of Topliss-reactive ketones (excluding diaryl/α,β-unsaturated/α-hetero) is 1. The van der Waals surface area contributed by atoms with Crippen LogP contribution in [0.3, 0.4) is 0 Å². The van der Waals surface area contributed by atoms with E-state index in [0.29, 0.717) is 19.3 Å². The van der Waals surface area contributed by atoms with Gasteiger partial charge in [-0.15, -0.1) is 0 Å². The fourth-order valence-corrected chi connectivity index (χ4v) is 5.00. The first kappa shape index (κ1) is 31.6. The lowest BCUT2D eigenvalue weighted by atomic mass is 9.92. The number of carbonyl (C=O) groups is 4. The van der Waals surface area contributed by atoms with Crippen LogP contribution in [0, 0.1) is 17.8 Å². The van der Waals surface area contributed by atoms with Gasteiger partial charge in [-0.2, -0.15) is 0 Å². The van der Waals surface area contributed by atoms with Crippen LogP contribution in [0.2, 0.25) is 0 Å². The molecule has 41 heavy (non-hydrogen) atoms. The highest BCUT2D eigenvalue weighted by atomic mass is 16.6. The standard InChI is InChI=1S/C32H43N3O6/c1-22(2)15-27(33-31(38)40-20-24-11-7-5-8-12-24)17-26-18-35(19-29(26)36)30(37)28(16-23(3)4)34-32(39)41-21-25-13-9-6-10-14-25/h5-14,22-23,26-28H,15-21H2,1-4H3,(H,33,38)(H,34,39)/t26?,27-,28+/m1/s1. The van der Waals surface area contributed by atoms with E-state index in [-0.39, 0.29) is 55.9 Å². The van der Waals surface area contributed by atoms with Crippen LogP contribution in [0.25, 0.3) is 0 Å². The number of carbonyl (C=O) groups excluding carboxylic acids is 4. The van der Waals surface area contributed by atoms with E-state index in [9.17, 15) is 19.2 Å². The van der Waals surface area contributed by atoms with Crippen LogP contribution in [-0.2, 0) is 32.3 Å². The number of hydrogen-bond donors (Lipinski definition) is 2. The maximum Gasteiger partial charge on any atom is 0.408 e. The zero-order valence-corrected chi connectivity index (χ0v) is 24.5.